The molecule has 2 saturated carbocycles. The number of hydrogen-bond donors (Lipinski definition) is 2. The van der Waals surface area contributed by atoms with Gasteiger partial charge in [0, 0.05) is 11.6 Å². The van der Waals surface area contributed by atoms with Crippen LogP contribution in [0.2, 0.25) is 0 Å². The number of hydrogen-bond acceptors (Lipinski definition) is 5. The number of amides is 4. The molecule has 8 nitrogen and oxygen atoms in total. The monoisotopic (exact) mass is 385 g/mol. The fourth-order valence-corrected chi connectivity index (χ4v) is 3.50. The van der Waals surface area contributed by atoms with Crippen LogP contribution in [0, 0.1) is 5.92 Å². The fourth-order valence-electron chi connectivity index (χ4n) is 3.50. The van der Waals surface area contributed by atoms with Gasteiger partial charge in [-0.2, -0.15) is 0 Å². The summed E-state index contributed by atoms with van der Waals surface area (Å²) in [6.45, 7) is 1.17. The standard InChI is InChI=1S/C20H23N3O5/c1-20(13-7-8-13)18(26)23(19(27)22-20)11-15(24)28-16(12-5-3-2-4-6-12)17(25)21-14-9-10-14/h2-6,13-14,16H,7-11H2,1H3,(H,21,25)(H,22,27)/t16-,20+/m0/s1. The molecule has 8 heteroatoms. The summed E-state index contributed by atoms with van der Waals surface area (Å²) in [7, 11) is 0. The second-order valence-corrected chi connectivity index (χ2v) is 7.86. The summed E-state index contributed by atoms with van der Waals surface area (Å²) in [4.78, 5) is 50.8. The highest BCUT2D eigenvalue weighted by atomic mass is 16.5. The number of urea groups is 1. The Morgan fingerprint density at radius 2 is 1.89 bits per heavy atom. The van der Waals surface area contributed by atoms with Crippen molar-refractivity contribution in [1.29, 1.82) is 0 Å². The van der Waals surface area contributed by atoms with Crippen molar-refractivity contribution in [2.24, 2.45) is 5.92 Å². The third-order valence-corrected chi connectivity index (χ3v) is 5.50. The van der Waals surface area contributed by atoms with Crippen LogP contribution >= 0.6 is 0 Å². The molecule has 1 saturated heterocycles. The summed E-state index contributed by atoms with van der Waals surface area (Å²) < 4.78 is 5.41. The van der Waals surface area contributed by atoms with Crippen LogP contribution in [0.4, 0.5) is 4.79 Å². The first kappa shape index (κ1) is 18.5. The molecule has 148 valence electrons. The van der Waals surface area contributed by atoms with Gasteiger partial charge in [-0.15, -0.1) is 0 Å². The molecule has 1 heterocycles. The molecule has 1 aromatic rings. The number of esters is 1. The molecule has 2 N–H and O–H groups in total. The number of carbonyl (C=O) groups excluding carboxylic acids is 4. The van der Waals surface area contributed by atoms with E-state index in [0.717, 1.165) is 30.6 Å². The molecule has 28 heavy (non-hydrogen) atoms. The van der Waals surface area contributed by atoms with Crippen molar-refractivity contribution >= 4 is 23.8 Å². The van der Waals surface area contributed by atoms with Crippen LogP contribution in [0.1, 0.15) is 44.3 Å². The zero-order valence-corrected chi connectivity index (χ0v) is 15.6. The Morgan fingerprint density at radius 3 is 2.50 bits per heavy atom. The summed E-state index contributed by atoms with van der Waals surface area (Å²) in [5.41, 5.74) is -0.423. The van der Waals surface area contributed by atoms with Gasteiger partial charge >= 0.3 is 12.0 Å². The second kappa shape index (κ2) is 6.92. The van der Waals surface area contributed by atoms with E-state index in [2.05, 4.69) is 10.6 Å². The molecule has 2 aliphatic carbocycles. The molecule has 0 aromatic heterocycles. The highest BCUT2D eigenvalue weighted by molar-refractivity contribution is 6.09. The zero-order chi connectivity index (χ0) is 19.9. The molecule has 4 rings (SSSR count). The van der Waals surface area contributed by atoms with Crippen LogP contribution in [0.25, 0.3) is 0 Å². The van der Waals surface area contributed by atoms with Crippen LogP contribution < -0.4 is 10.6 Å². The molecule has 4 amide bonds. The van der Waals surface area contributed by atoms with E-state index >= 15 is 0 Å². The first-order chi connectivity index (χ1) is 13.4. The van der Waals surface area contributed by atoms with Crippen LogP contribution in [0.5, 0.6) is 0 Å². The third kappa shape index (κ3) is 3.58. The highest BCUT2D eigenvalue weighted by Gasteiger charge is 2.56. The van der Waals surface area contributed by atoms with E-state index in [9.17, 15) is 19.2 Å². The predicted octanol–water partition coefficient (Wildman–Crippen LogP) is 1.27. The first-order valence-electron chi connectivity index (χ1n) is 9.57. The first-order valence-corrected chi connectivity index (χ1v) is 9.57. The maximum atomic E-state index is 12.7. The molecule has 0 radical (unpaired) electrons. The lowest BCUT2D eigenvalue weighted by Crippen LogP contribution is -2.46. The lowest BCUT2D eigenvalue weighted by atomic mass is 9.96. The average Bonchev–Trinajstić information content (AvgIpc) is 3.57. The van der Waals surface area contributed by atoms with Crippen LogP contribution in [0.15, 0.2) is 30.3 Å². The molecule has 1 aromatic carbocycles. The van der Waals surface area contributed by atoms with Crippen molar-refractivity contribution in [2.45, 2.75) is 50.3 Å². The molecule has 1 aliphatic heterocycles. The molecule has 0 bridgehead atoms. The number of rotatable bonds is 7. The Labute approximate surface area is 162 Å². The van der Waals surface area contributed by atoms with Crippen molar-refractivity contribution in [3.05, 3.63) is 35.9 Å². The Balaban J connectivity index is 1.44. The largest absolute Gasteiger partial charge is 0.446 e. The van der Waals surface area contributed by atoms with Gasteiger partial charge in [-0.1, -0.05) is 30.3 Å². The maximum Gasteiger partial charge on any atom is 0.327 e. The minimum absolute atomic E-state index is 0.103. The molecular formula is C20H23N3O5. The maximum absolute atomic E-state index is 12.7. The Morgan fingerprint density at radius 1 is 1.21 bits per heavy atom. The van der Waals surface area contributed by atoms with Gasteiger partial charge in [0.1, 0.15) is 12.1 Å². The van der Waals surface area contributed by atoms with Gasteiger partial charge in [0.15, 0.2) is 0 Å². The smallest absolute Gasteiger partial charge is 0.327 e. The summed E-state index contributed by atoms with van der Waals surface area (Å²) in [6.07, 6.45) is 2.44. The van der Waals surface area contributed by atoms with Crippen molar-refractivity contribution in [1.82, 2.24) is 15.5 Å². The third-order valence-electron chi connectivity index (χ3n) is 5.50. The SMILES string of the molecule is C[C@]1(C2CC2)NC(=O)N(CC(=O)O[C@H](C(=O)NC2CC2)c2ccccc2)C1=O. The van der Waals surface area contributed by atoms with Crippen LogP contribution in [-0.2, 0) is 19.1 Å². The highest BCUT2D eigenvalue weighted by Crippen LogP contribution is 2.42. The van der Waals surface area contributed by atoms with E-state index in [-0.39, 0.29) is 12.0 Å². The van der Waals surface area contributed by atoms with E-state index in [1.165, 1.54) is 0 Å². The number of nitrogens with one attached hydrogen (secondary N) is 2. The van der Waals surface area contributed by atoms with Crippen molar-refractivity contribution < 1.29 is 23.9 Å². The van der Waals surface area contributed by atoms with Gasteiger partial charge in [0.25, 0.3) is 11.8 Å². The summed E-state index contributed by atoms with van der Waals surface area (Å²) in [6, 6.07) is 8.20. The Hall–Kier alpha value is -2.90. The number of ether oxygens (including phenoxy) is 1. The van der Waals surface area contributed by atoms with Gasteiger partial charge in [-0.3, -0.25) is 19.3 Å². The minimum atomic E-state index is -1.12. The van der Waals surface area contributed by atoms with E-state index in [0.29, 0.717) is 5.56 Å². The summed E-state index contributed by atoms with van der Waals surface area (Å²) >= 11 is 0. The normalized spacial score (nSPS) is 25.2. The predicted molar refractivity (Wildman–Crippen MR) is 97.8 cm³/mol. The molecule has 0 spiro atoms. The number of imide groups is 1. The van der Waals surface area contributed by atoms with Crippen molar-refractivity contribution in [3.8, 4) is 0 Å². The minimum Gasteiger partial charge on any atom is -0.446 e. The Bertz CT molecular complexity index is 818. The van der Waals surface area contributed by atoms with E-state index in [1.807, 2.05) is 0 Å². The molecule has 3 fully saturated rings. The van der Waals surface area contributed by atoms with Crippen molar-refractivity contribution in [2.75, 3.05) is 6.54 Å². The van der Waals surface area contributed by atoms with E-state index in [1.54, 1.807) is 37.3 Å². The Kier molecular flexibility index (Phi) is 4.56. The molecular weight excluding hydrogens is 362 g/mol. The quantitative estimate of drug-likeness (QED) is 0.543. The van der Waals surface area contributed by atoms with Crippen molar-refractivity contribution in [3.63, 3.8) is 0 Å². The molecule has 2 atom stereocenters. The second-order valence-electron chi connectivity index (χ2n) is 7.86. The van der Waals surface area contributed by atoms with Crippen LogP contribution in [0.3, 0.4) is 0 Å². The van der Waals surface area contributed by atoms with Crippen LogP contribution in [-0.4, -0.2) is 46.8 Å². The zero-order valence-electron chi connectivity index (χ0n) is 15.6. The number of nitrogens with zero attached hydrogens (tertiary/aromatic N) is 1. The van der Waals surface area contributed by atoms with Gasteiger partial charge in [-0.25, -0.2) is 4.79 Å². The summed E-state index contributed by atoms with van der Waals surface area (Å²) in [5, 5.41) is 5.52. The lowest BCUT2D eigenvalue weighted by Gasteiger charge is -2.21. The number of benzene rings is 1. The van der Waals surface area contributed by atoms with Gasteiger partial charge in [-0.05, 0) is 38.5 Å². The fraction of sp³-hybridized carbons (Fsp3) is 0.500. The average molecular weight is 385 g/mol. The molecule has 3 aliphatic rings. The van der Waals surface area contributed by atoms with E-state index in [4.69, 9.17) is 4.74 Å². The van der Waals surface area contributed by atoms with Gasteiger partial charge in [0.05, 0.1) is 0 Å². The van der Waals surface area contributed by atoms with Gasteiger partial charge in [0.2, 0.25) is 6.10 Å². The van der Waals surface area contributed by atoms with E-state index < -0.39 is 42.0 Å². The topological polar surface area (TPSA) is 105 Å². The van der Waals surface area contributed by atoms with Gasteiger partial charge < -0.3 is 15.4 Å². The summed E-state index contributed by atoms with van der Waals surface area (Å²) in [5.74, 6) is -1.52. The lowest BCUT2D eigenvalue weighted by molar-refractivity contribution is -0.158. The number of carbonyl (C=O) groups is 4. The molecule has 0 unspecified atom stereocenters.